The molecule has 4 heteroatoms. The van der Waals surface area contributed by atoms with Gasteiger partial charge in [-0.2, -0.15) is 0 Å². The van der Waals surface area contributed by atoms with Crippen molar-refractivity contribution in [3.05, 3.63) is 0 Å². The van der Waals surface area contributed by atoms with Crippen molar-refractivity contribution in [3.63, 3.8) is 0 Å². The van der Waals surface area contributed by atoms with Crippen LogP contribution < -0.4 is 0 Å². The zero-order valence-corrected chi connectivity index (χ0v) is 8.55. The van der Waals surface area contributed by atoms with E-state index in [1.54, 1.807) is 20.8 Å². The molecule has 0 aromatic rings. The molecule has 76 valence electrons. The molecule has 4 nitrogen and oxygen atoms in total. The van der Waals surface area contributed by atoms with Gasteiger partial charge in [0.25, 0.3) is 0 Å². The third-order valence-corrected chi connectivity index (χ3v) is 2.67. The Hall–Kier alpha value is -0.610. The highest BCUT2D eigenvalue weighted by atomic mass is 16.7. The van der Waals surface area contributed by atoms with Gasteiger partial charge in [-0.1, -0.05) is 0 Å². The number of hydrogen-bond acceptors (Lipinski definition) is 4. The van der Waals surface area contributed by atoms with Crippen molar-refractivity contribution in [2.24, 2.45) is 5.41 Å². The van der Waals surface area contributed by atoms with Crippen molar-refractivity contribution >= 4 is 5.97 Å². The average Bonchev–Trinajstić information content (AvgIpc) is 2.52. The first-order valence-corrected chi connectivity index (χ1v) is 4.30. The van der Waals surface area contributed by atoms with Crippen molar-refractivity contribution in [1.29, 1.82) is 0 Å². The summed E-state index contributed by atoms with van der Waals surface area (Å²) in [5.41, 5.74) is -0.780. The number of ether oxygens (including phenoxy) is 3. The topological polar surface area (TPSA) is 44.8 Å². The van der Waals surface area contributed by atoms with E-state index in [9.17, 15) is 4.79 Å². The van der Waals surface area contributed by atoms with Crippen LogP contribution in [0.5, 0.6) is 0 Å². The predicted octanol–water partition coefficient (Wildman–Crippen LogP) is 0.949. The van der Waals surface area contributed by atoms with Gasteiger partial charge in [-0.05, 0) is 20.8 Å². The van der Waals surface area contributed by atoms with E-state index >= 15 is 0 Å². The highest BCUT2D eigenvalue weighted by molar-refractivity contribution is 5.77. The molecule has 0 bridgehead atoms. The van der Waals surface area contributed by atoms with Gasteiger partial charge in [0.2, 0.25) is 0 Å². The fraction of sp³-hybridized carbons (Fsp3) is 0.889. The minimum atomic E-state index is -0.861. The van der Waals surface area contributed by atoms with E-state index in [-0.39, 0.29) is 5.97 Å². The molecule has 1 aliphatic rings. The van der Waals surface area contributed by atoms with Crippen LogP contribution in [0.15, 0.2) is 0 Å². The Morgan fingerprint density at radius 1 is 1.38 bits per heavy atom. The lowest BCUT2D eigenvalue weighted by atomic mass is 9.84. The highest BCUT2D eigenvalue weighted by Gasteiger charge is 2.52. The fourth-order valence-electron chi connectivity index (χ4n) is 1.32. The molecule has 0 amide bonds. The second-order valence-electron chi connectivity index (χ2n) is 3.76. The van der Waals surface area contributed by atoms with Crippen LogP contribution in [0.25, 0.3) is 0 Å². The van der Waals surface area contributed by atoms with Gasteiger partial charge in [0.05, 0.1) is 20.3 Å². The quantitative estimate of drug-likeness (QED) is 0.605. The number of methoxy groups -OCH3 is 1. The molecule has 1 heterocycles. The van der Waals surface area contributed by atoms with Crippen molar-refractivity contribution in [1.82, 2.24) is 0 Å². The number of hydrogen-bond donors (Lipinski definition) is 0. The van der Waals surface area contributed by atoms with Crippen LogP contribution >= 0.6 is 0 Å². The second kappa shape index (κ2) is 3.27. The summed E-state index contributed by atoms with van der Waals surface area (Å²) in [7, 11) is 1.36. The molecule has 1 fully saturated rings. The normalized spacial score (nSPS) is 21.5. The summed E-state index contributed by atoms with van der Waals surface area (Å²) in [6, 6.07) is 0. The van der Waals surface area contributed by atoms with Crippen LogP contribution in [0.2, 0.25) is 0 Å². The van der Waals surface area contributed by atoms with Gasteiger partial charge in [0.15, 0.2) is 5.79 Å². The molecular weight excluding hydrogens is 172 g/mol. The molecule has 0 spiro atoms. The number of rotatable bonds is 2. The van der Waals surface area contributed by atoms with E-state index < -0.39 is 11.2 Å². The summed E-state index contributed by atoms with van der Waals surface area (Å²) in [4.78, 5) is 11.4. The molecule has 1 aliphatic heterocycles. The third kappa shape index (κ3) is 1.56. The van der Waals surface area contributed by atoms with Crippen molar-refractivity contribution in [3.8, 4) is 0 Å². The Bertz CT molecular complexity index is 204. The summed E-state index contributed by atoms with van der Waals surface area (Å²) < 4.78 is 15.5. The molecule has 0 N–H and O–H groups in total. The Labute approximate surface area is 78.2 Å². The maximum Gasteiger partial charge on any atom is 0.316 e. The van der Waals surface area contributed by atoms with E-state index in [1.165, 1.54) is 7.11 Å². The first-order valence-electron chi connectivity index (χ1n) is 4.30. The van der Waals surface area contributed by atoms with Gasteiger partial charge in [-0.3, -0.25) is 4.79 Å². The van der Waals surface area contributed by atoms with Gasteiger partial charge in [-0.25, -0.2) is 0 Å². The van der Waals surface area contributed by atoms with Gasteiger partial charge in [-0.15, -0.1) is 0 Å². The molecule has 1 saturated heterocycles. The van der Waals surface area contributed by atoms with Crippen molar-refractivity contribution in [2.45, 2.75) is 26.6 Å². The van der Waals surface area contributed by atoms with Crippen LogP contribution in [-0.4, -0.2) is 32.1 Å². The van der Waals surface area contributed by atoms with E-state index in [4.69, 9.17) is 14.2 Å². The first kappa shape index (κ1) is 10.5. The van der Waals surface area contributed by atoms with Gasteiger partial charge in [0.1, 0.15) is 5.41 Å². The maximum absolute atomic E-state index is 11.4. The summed E-state index contributed by atoms with van der Waals surface area (Å²) in [5.74, 6) is -1.18. The Morgan fingerprint density at radius 3 is 2.23 bits per heavy atom. The van der Waals surface area contributed by atoms with E-state index in [0.29, 0.717) is 13.2 Å². The number of esters is 1. The van der Waals surface area contributed by atoms with Gasteiger partial charge >= 0.3 is 5.97 Å². The summed E-state index contributed by atoms with van der Waals surface area (Å²) in [6.07, 6.45) is 0. The SMILES string of the molecule is COC(=O)C(C)(C)C1(C)OCCO1. The zero-order valence-electron chi connectivity index (χ0n) is 8.55. The molecule has 0 saturated carbocycles. The minimum Gasteiger partial charge on any atom is -0.468 e. The van der Waals surface area contributed by atoms with Crippen LogP contribution in [0.1, 0.15) is 20.8 Å². The Kier molecular flexibility index (Phi) is 2.63. The van der Waals surface area contributed by atoms with E-state index in [1.807, 2.05) is 0 Å². The number of carbonyl (C=O) groups excluding carboxylic acids is 1. The molecule has 0 atom stereocenters. The first-order chi connectivity index (χ1) is 5.94. The summed E-state index contributed by atoms with van der Waals surface area (Å²) >= 11 is 0. The molecule has 0 radical (unpaired) electrons. The van der Waals surface area contributed by atoms with E-state index in [2.05, 4.69) is 0 Å². The second-order valence-corrected chi connectivity index (χ2v) is 3.76. The molecule has 0 unspecified atom stereocenters. The number of carbonyl (C=O) groups is 1. The predicted molar refractivity (Wildman–Crippen MR) is 46.1 cm³/mol. The standard InChI is InChI=1S/C9H16O4/c1-8(2,7(10)11-4)9(3)12-5-6-13-9/h5-6H2,1-4H3. The lowest BCUT2D eigenvalue weighted by Gasteiger charge is -2.36. The maximum atomic E-state index is 11.4. The van der Waals surface area contributed by atoms with Crippen molar-refractivity contribution < 1.29 is 19.0 Å². The molecule has 1 rings (SSSR count). The highest BCUT2D eigenvalue weighted by Crippen LogP contribution is 2.38. The summed E-state index contributed by atoms with van der Waals surface area (Å²) in [6.45, 7) is 6.32. The lowest BCUT2D eigenvalue weighted by Crippen LogP contribution is -2.48. The van der Waals surface area contributed by atoms with Crippen LogP contribution in [0.3, 0.4) is 0 Å². The van der Waals surface area contributed by atoms with Crippen LogP contribution in [0, 0.1) is 5.41 Å². The monoisotopic (exact) mass is 188 g/mol. The molecule has 0 aliphatic carbocycles. The summed E-state index contributed by atoms with van der Waals surface area (Å²) in [5, 5.41) is 0. The molecule has 13 heavy (non-hydrogen) atoms. The molecule has 0 aromatic heterocycles. The Balaban J connectivity index is 2.83. The molecule has 0 aromatic carbocycles. The van der Waals surface area contributed by atoms with E-state index in [0.717, 1.165) is 0 Å². The third-order valence-electron chi connectivity index (χ3n) is 2.67. The van der Waals surface area contributed by atoms with Crippen molar-refractivity contribution in [2.75, 3.05) is 20.3 Å². The van der Waals surface area contributed by atoms with Gasteiger partial charge < -0.3 is 14.2 Å². The smallest absolute Gasteiger partial charge is 0.316 e. The minimum absolute atomic E-state index is 0.322. The molecular formula is C9H16O4. The lowest BCUT2D eigenvalue weighted by molar-refractivity contribution is -0.224. The largest absolute Gasteiger partial charge is 0.468 e. The van der Waals surface area contributed by atoms with Gasteiger partial charge in [0, 0.05) is 0 Å². The van der Waals surface area contributed by atoms with Crippen LogP contribution in [-0.2, 0) is 19.0 Å². The zero-order chi connectivity index (χ0) is 10.1. The fourth-order valence-corrected chi connectivity index (χ4v) is 1.32. The Morgan fingerprint density at radius 2 is 1.85 bits per heavy atom. The average molecular weight is 188 g/mol. The van der Waals surface area contributed by atoms with Crippen LogP contribution in [0.4, 0.5) is 0 Å².